The molecule has 3 heteroatoms. The molecule has 0 aliphatic carbocycles. The molecule has 0 N–H and O–H groups in total. The van der Waals surface area contributed by atoms with Crippen LogP contribution >= 0.6 is 28.3 Å². The van der Waals surface area contributed by atoms with Gasteiger partial charge in [-0.2, -0.15) is 0 Å². The Balaban J connectivity index is 0.000001000. The number of halogens is 2. The van der Waals surface area contributed by atoms with Crippen molar-refractivity contribution in [3.63, 3.8) is 0 Å². The fourth-order valence-corrected chi connectivity index (χ4v) is 1.04. The summed E-state index contributed by atoms with van der Waals surface area (Å²) in [6.45, 7) is 2.13. The van der Waals surface area contributed by atoms with Gasteiger partial charge in [0, 0.05) is 6.20 Å². The minimum atomic E-state index is 0. The van der Waals surface area contributed by atoms with Gasteiger partial charge in [0.2, 0.25) is 0 Å². The van der Waals surface area contributed by atoms with Crippen molar-refractivity contribution < 1.29 is 0 Å². The second kappa shape index (κ2) is 5.56. The van der Waals surface area contributed by atoms with Crippen molar-refractivity contribution in [2.24, 2.45) is 0 Å². The van der Waals surface area contributed by atoms with Gasteiger partial charge in [0.25, 0.3) is 0 Å². The highest BCUT2D eigenvalue weighted by molar-refractivity contribution is 9.09. The van der Waals surface area contributed by atoms with Crippen molar-refractivity contribution >= 4 is 28.3 Å². The van der Waals surface area contributed by atoms with E-state index in [-0.39, 0.29) is 12.4 Å². The first-order valence-corrected chi connectivity index (χ1v) is 4.31. The number of aromatic nitrogens is 1. The third-order valence-corrected chi connectivity index (χ3v) is 2.48. The van der Waals surface area contributed by atoms with Crippen LogP contribution in [0.4, 0.5) is 0 Å². The Hall–Kier alpha value is -0.0800. The Labute approximate surface area is 81.8 Å². The van der Waals surface area contributed by atoms with Crippen LogP contribution in [-0.2, 0) is 0 Å². The van der Waals surface area contributed by atoms with E-state index in [1.54, 1.807) is 0 Å². The lowest BCUT2D eigenvalue weighted by Gasteiger charge is -2.03. The average molecular weight is 237 g/mol. The zero-order valence-electron chi connectivity index (χ0n) is 6.33. The molecular formula is C8H11BrClN. The van der Waals surface area contributed by atoms with E-state index >= 15 is 0 Å². The van der Waals surface area contributed by atoms with Crippen molar-refractivity contribution in [1.82, 2.24) is 4.98 Å². The summed E-state index contributed by atoms with van der Waals surface area (Å²) in [5.74, 6) is 0. The highest BCUT2D eigenvalue weighted by Gasteiger charge is 2.02. The Morgan fingerprint density at radius 1 is 1.55 bits per heavy atom. The standard InChI is InChI=1S/C8H10BrN.ClH/c1-2-7(9)8-5-3-4-6-10-8;/h3-7H,2H2,1H3;1H. The number of nitrogens with zero attached hydrogens (tertiary/aromatic N) is 1. The van der Waals surface area contributed by atoms with Gasteiger partial charge in [0.05, 0.1) is 10.5 Å². The van der Waals surface area contributed by atoms with E-state index in [1.165, 1.54) is 0 Å². The van der Waals surface area contributed by atoms with Crippen LogP contribution in [-0.4, -0.2) is 4.98 Å². The number of rotatable bonds is 2. The number of hydrogen-bond acceptors (Lipinski definition) is 1. The summed E-state index contributed by atoms with van der Waals surface area (Å²) in [5.41, 5.74) is 1.12. The summed E-state index contributed by atoms with van der Waals surface area (Å²) in [6, 6.07) is 5.97. The van der Waals surface area contributed by atoms with Gasteiger partial charge in [-0.25, -0.2) is 0 Å². The lowest BCUT2D eigenvalue weighted by molar-refractivity contribution is 0.873. The van der Waals surface area contributed by atoms with Crippen molar-refractivity contribution in [2.75, 3.05) is 0 Å². The van der Waals surface area contributed by atoms with Gasteiger partial charge in [0.1, 0.15) is 0 Å². The molecule has 1 atom stereocenters. The fourth-order valence-electron chi connectivity index (χ4n) is 0.770. The summed E-state index contributed by atoms with van der Waals surface area (Å²) < 4.78 is 0. The maximum atomic E-state index is 4.20. The predicted molar refractivity (Wildman–Crippen MR) is 53.4 cm³/mol. The van der Waals surface area contributed by atoms with Gasteiger partial charge >= 0.3 is 0 Å². The monoisotopic (exact) mass is 235 g/mol. The molecule has 0 aliphatic heterocycles. The molecule has 0 bridgehead atoms. The van der Waals surface area contributed by atoms with E-state index in [1.807, 2.05) is 24.4 Å². The van der Waals surface area contributed by atoms with Crippen LogP contribution in [0.1, 0.15) is 23.9 Å². The van der Waals surface area contributed by atoms with Crippen molar-refractivity contribution in [3.8, 4) is 0 Å². The molecule has 1 nitrogen and oxygen atoms in total. The molecule has 62 valence electrons. The normalized spacial score (nSPS) is 11.8. The molecule has 1 aromatic rings. The Bertz CT molecular complexity index is 191. The van der Waals surface area contributed by atoms with Crippen LogP contribution in [0.2, 0.25) is 0 Å². The van der Waals surface area contributed by atoms with Crippen LogP contribution in [0.25, 0.3) is 0 Å². The molecular weight excluding hydrogens is 225 g/mol. The highest BCUT2D eigenvalue weighted by Crippen LogP contribution is 2.22. The molecule has 1 unspecified atom stereocenters. The molecule has 0 saturated carbocycles. The fraction of sp³-hybridized carbons (Fsp3) is 0.375. The first kappa shape index (κ1) is 10.9. The Morgan fingerprint density at radius 3 is 2.73 bits per heavy atom. The number of hydrogen-bond donors (Lipinski definition) is 0. The highest BCUT2D eigenvalue weighted by atomic mass is 79.9. The van der Waals surface area contributed by atoms with Crippen molar-refractivity contribution in [1.29, 1.82) is 0 Å². The summed E-state index contributed by atoms with van der Waals surface area (Å²) >= 11 is 3.52. The van der Waals surface area contributed by atoms with Crippen LogP contribution in [0.5, 0.6) is 0 Å². The summed E-state index contributed by atoms with van der Waals surface area (Å²) in [7, 11) is 0. The van der Waals surface area contributed by atoms with Gasteiger partial charge in [-0.05, 0) is 18.6 Å². The van der Waals surface area contributed by atoms with Crippen LogP contribution < -0.4 is 0 Å². The van der Waals surface area contributed by atoms with E-state index < -0.39 is 0 Å². The Kier molecular flexibility index (Phi) is 5.51. The SMILES string of the molecule is CCC(Br)c1ccccn1.Cl. The molecule has 0 fully saturated rings. The molecule has 1 heterocycles. The maximum Gasteiger partial charge on any atom is 0.0565 e. The van der Waals surface area contributed by atoms with Crippen molar-refractivity contribution in [2.45, 2.75) is 18.2 Å². The van der Waals surface area contributed by atoms with E-state index in [9.17, 15) is 0 Å². The van der Waals surface area contributed by atoms with Crippen LogP contribution in [0.15, 0.2) is 24.4 Å². The molecule has 0 amide bonds. The van der Waals surface area contributed by atoms with Gasteiger partial charge in [-0.3, -0.25) is 4.98 Å². The largest absolute Gasteiger partial charge is 0.260 e. The van der Waals surface area contributed by atoms with E-state index in [2.05, 4.69) is 27.8 Å². The zero-order chi connectivity index (χ0) is 7.40. The molecule has 0 aromatic carbocycles. The second-order valence-electron chi connectivity index (χ2n) is 2.13. The van der Waals surface area contributed by atoms with Gasteiger partial charge < -0.3 is 0 Å². The lowest BCUT2D eigenvalue weighted by Crippen LogP contribution is -1.89. The first-order chi connectivity index (χ1) is 4.84. The van der Waals surface area contributed by atoms with Gasteiger partial charge in [-0.1, -0.05) is 28.9 Å². The molecule has 0 aliphatic rings. The molecule has 1 rings (SSSR count). The van der Waals surface area contributed by atoms with Gasteiger partial charge in [-0.15, -0.1) is 12.4 Å². The minimum absolute atomic E-state index is 0. The van der Waals surface area contributed by atoms with E-state index in [4.69, 9.17) is 0 Å². The average Bonchev–Trinajstić information content (AvgIpc) is 2.05. The smallest absolute Gasteiger partial charge is 0.0565 e. The van der Waals surface area contributed by atoms with Crippen LogP contribution in [0.3, 0.4) is 0 Å². The third-order valence-electron chi connectivity index (χ3n) is 1.37. The molecule has 1 aromatic heterocycles. The predicted octanol–water partition coefficient (Wildman–Crippen LogP) is 3.35. The summed E-state index contributed by atoms with van der Waals surface area (Å²) in [5, 5.41) is 0. The summed E-state index contributed by atoms with van der Waals surface area (Å²) in [4.78, 5) is 4.61. The first-order valence-electron chi connectivity index (χ1n) is 3.39. The molecule has 0 spiro atoms. The second-order valence-corrected chi connectivity index (χ2v) is 3.24. The topological polar surface area (TPSA) is 12.9 Å². The molecule has 11 heavy (non-hydrogen) atoms. The van der Waals surface area contributed by atoms with E-state index in [0.29, 0.717) is 4.83 Å². The third kappa shape index (κ3) is 3.21. The van der Waals surface area contributed by atoms with Crippen molar-refractivity contribution in [3.05, 3.63) is 30.1 Å². The molecule has 0 radical (unpaired) electrons. The lowest BCUT2D eigenvalue weighted by atomic mass is 10.2. The van der Waals surface area contributed by atoms with Gasteiger partial charge in [0.15, 0.2) is 0 Å². The summed E-state index contributed by atoms with van der Waals surface area (Å²) in [6.07, 6.45) is 2.90. The van der Waals surface area contributed by atoms with Crippen LogP contribution in [0, 0.1) is 0 Å². The Morgan fingerprint density at radius 2 is 2.27 bits per heavy atom. The number of alkyl halides is 1. The molecule has 0 saturated heterocycles. The zero-order valence-corrected chi connectivity index (χ0v) is 8.73. The minimum Gasteiger partial charge on any atom is -0.260 e. The van der Waals surface area contributed by atoms with E-state index in [0.717, 1.165) is 12.1 Å². The maximum absolute atomic E-state index is 4.20. The number of pyridine rings is 1. The quantitative estimate of drug-likeness (QED) is 0.718.